The highest BCUT2D eigenvalue weighted by molar-refractivity contribution is 5.38. The minimum Gasteiger partial charge on any atom is -0.396 e. The number of rotatable bonds is 3. The van der Waals surface area contributed by atoms with Gasteiger partial charge in [0.25, 0.3) is 0 Å². The number of nitrogens with two attached hydrogens (primary N) is 1. The lowest BCUT2D eigenvalue weighted by Crippen LogP contribution is -2.37. The van der Waals surface area contributed by atoms with Crippen LogP contribution in [0.15, 0.2) is 24.8 Å². The zero-order valence-corrected chi connectivity index (χ0v) is 10.3. The average Bonchev–Trinajstić information content (AvgIpc) is 2.74. The highest BCUT2D eigenvalue weighted by Gasteiger charge is 2.17. The molecular formula is C12H16N6. The van der Waals surface area contributed by atoms with E-state index in [1.807, 2.05) is 19.3 Å². The first-order valence-corrected chi connectivity index (χ1v) is 6.10. The van der Waals surface area contributed by atoms with Crippen LogP contribution in [-0.2, 0) is 0 Å². The molecule has 3 heterocycles. The molecule has 2 N–H and O–H groups in total. The summed E-state index contributed by atoms with van der Waals surface area (Å²) in [6, 6.07) is 0.0419. The predicted octanol–water partition coefficient (Wildman–Crippen LogP) is 1.07. The van der Waals surface area contributed by atoms with Gasteiger partial charge in [-0.1, -0.05) is 0 Å². The maximum atomic E-state index is 5.66. The Bertz CT molecular complexity index is 528. The Morgan fingerprint density at radius 1 is 1.22 bits per heavy atom. The van der Waals surface area contributed by atoms with E-state index < -0.39 is 0 Å². The van der Waals surface area contributed by atoms with Gasteiger partial charge in [-0.15, -0.1) is 0 Å². The topological polar surface area (TPSA) is 72.9 Å². The molecule has 0 saturated carbocycles. The van der Waals surface area contributed by atoms with Crippen LogP contribution >= 0.6 is 0 Å². The lowest BCUT2D eigenvalue weighted by atomic mass is 10.2. The second kappa shape index (κ2) is 4.29. The third-order valence-corrected chi connectivity index (χ3v) is 3.28. The van der Waals surface area contributed by atoms with E-state index in [0.717, 1.165) is 24.6 Å². The molecule has 3 rings (SSSR count). The first-order valence-electron chi connectivity index (χ1n) is 6.10. The van der Waals surface area contributed by atoms with E-state index >= 15 is 0 Å². The van der Waals surface area contributed by atoms with Gasteiger partial charge >= 0.3 is 0 Å². The zero-order valence-electron chi connectivity index (χ0n) is 10.3. The molecule has 1 unspecified atom stereocenters. The first kappa shape index (κ1) is 11.0. The largest absolute Gasteiger partial charge is 0.396 e. The van der Waals surface area contributed by atoms with Crippen molar-refractivity contribution < 1.29 is 0 Å². The predicted molar refractivity (Wildman–Crippen MR) is 69.3 cm³/mol. The Morgan fingerprint density at radius 3 is 2.56 bits per heavy atom. The Balaban J connectivity index is 1.79. The Morgan fingerprint density at radius 2 is 2.06 bits per heavy atom. The molecule has 94 valence electrons. The maximum absolute atomic E-state index is 5.66. The van der Waals surface area contributed by atoms with E-state index in [1.54, 1.807) is 17.1 Å². The molecule has 0 spiro atoms. The normalized spacial score (nSPS) is 16.4. The van der Waals surface area contributed by atoms with Crippen LogP contribution in [-0.4, -0.2) is 32.8 Å². The fourth-order valence-corrected chi connectivity index (χ4v) is 1.96. The lowest BCUT2D eigenvalue weighted by Gasteiger charge is -2.31. The second-order valence-corrected chi connectivity index (χ2v) is 4.57. The van der Waals surface area contributed by atoms with E-state index in [4.69, 9.17) is 5.73 Å². The summed E-state index contributed by atoms with van der Waals surface area (Å²) in [6.45, 7) is 4.19. The zero-order chi connectivity index (χ0) is 12.5. The summed E-state index contributed by atoms with van der Waals surface area (Å²) >= 11 is 0. The molecule has 6 nitrogen and oxygen atoms in total. The molecule has 2 aromatic heterocycles. The van der Waals surface area contributed by atoms with Crippen molar-refractivity contribution in [2.75, 3.05) is 23.7 Å². The number of nitrogen functional groups attached to an aromatic ring is 1. The van der Waals surface area contributed by atoms with E-state index in [9.17, 15) is 0 Å². The molecule has 18 heavy (non-hydrogen) atoms. The molecule has 1 aliphatic heterocycles. The van der Waals surface area contributed by atoms with E-state index in [2.05, 4.69) is 20.0 Å². The summed E-state index contributed by atoms with van der Waals surface area (Å²) in [5.41, 5.74) is 7.21. The molecule has 1 fully saturated rings. The summed E-state index contributed by atoms with van der Waals surface area (Å²) in [4.78, 5) is 11.1. The Labute approximate surface area is 105 Å². The Kier molecular flexibility index (Phi) is 2.62. The Hall–Kier alpha value is -2.11. The van der Waals surface area contributed by atoms with E-state index in [1.165, 1.54) is 6.42 Å². The molecule has 1 aliphatic rings. The van der Waals surface area contributed by atoms with Gasteiger partial charge in [-0.2, -0.15) is 5.10 Å². The standard InChI is InChI=1S/C12H16N6/c1-9(18-8-10(13)5-16-18)11-6-15-12(7-14-11)17-3-2-4-17/h5-9H,2-4,13H2,1H3. The van der Waals surface area contributed by atoms with Crippen LogP contribution in [0.3, 0.4) is 0 Å². The highest BCUT2D eigenvalue weighted by Crippen LogP contribution is 2.19. The van der Waals surface area contributed by atoms with Crippen molar-refractivity contribution in [2.24, 2.45) is 0 Å². The van der Waals surface area contributed by atoms with Gasteiger partial charge in [0.2, 0.25) is 0 Å². The minimum absolute atomic E-state index is 0.0419. The van der Waals surface area contributed by atoms with Crippen LogP contribution < -0.4 is 10.6 Å². The summed E-state index contributed by atoms with van der Waals surface area (Å²) in [7, 11) is 0. The van der Waals surface area contributed by atoms with Gasteiger partial charge in [-0.05, 0) is 13.3 Å². The van der Waals surface area contributed by atoms with Gasteiger partial charge < -0.3 is 10.6 Å². The fraction of sp³-hybridized carbons (Fsp3) is 0.417. The summed E-state index contributed by atoms with van der Waals surface area (Å²) in [5.74, 6) is 0.956. The van der Waals surface area contributed by atoms with Gasteiger partial charge in [0.1, 0.15) is 5.82 Å². The van der Waals surface area contributed by atoms with Crippen molar-refractivity contribution in [1.29, 1.82) is 0 Å². The molecule has 0 aromatic carbocycles. The van der Waals surface area contributed by atoms with Crippen LogP contribution in [0.25, 0.3) is 0 Å². The summed E-state index contributed by atoms with van der Waals surface area (Å²) in [6.07, 6.45) is 8.33. The van der Waals surface area contributed by atoms with Crippen LogP contribution in [0, 0.1) is 0 Å². The lowest BCUT2D eigenvalue weighted by molar-refractivity contribution is 0.547. The van der Waals surface area contributed by atoms with Crippen molar-refractivity contribution in [1.82, 2.24) is 19.7 Å². The molecule has 1 saturated heterocycles. The van der Waals surface area contributed by atoms with Crippen molar-refractivity contribution in [2.45, 2.75) is 19.4 Å². The molecule has 0 amide bonds. The SMILES string of the molecule is CC(c1cnc(N2CCC2)cn1)n1cc(N)cn1. The molecule has 0 aliphatic carbocycles. The third kappa shape index (κ3) is 1.90. The van der Waals surface area contributed by atoms with Crippen LogP contribution in [0.5, 0.6) is 0 Å². The van der Waals surface area contributed by atoms with Gasteiger partial charge in [-0.3, -0.25) is 9.67 Å². The van der Waals surface area contributed by atoms with Gasteiger partial charge in [0, 0.05) is 19.3 Å². The van der Waals surface area contributed by atoms with Crippen molar-refractivity contribution in [3.63, 3.8) is 0 Å². The highest BCUT2D eigenvalue weighted by atomic mass is 15.3. The van der Waals surface area contributed by atoms with Crippen molar-refractivity contribution in [3.05, 3.63) is 30.5 Å². The van der Waals surface area contributed by atoms with Crippen LogP contribution in [0.2, 0.25) is 0 Å². The maximum Gasteiger partial charge on any atom is 0.147 e. The molecule has 2 aromatic rings. The second-order valence-electron chi connectivity index (χ2n) is 4.57. The van der Waals surface area contributed by atoms with Crippen LogP contribution in [0.1, 0.15) is 25.1 Å². The smallest absolute Gasteiger partial charge is 0.147 e. The summed E-state index contributed by atoms with van der Waals surface area (Å²) < 4.78 is 1.79. The minimum atomic E-state index is 0.0419. The third-order valence-electron chi connectivity index (χ3n) is 3.28. The molecule has 0 bridgehead atoms. The number of aromatic nitrogens is 4. The van der Waals surface area contributed by atoms with Gasteiger partial charge in [-0.25, -0.2) is 4.98 Å². The quantitative estimate of drug-likeness (QED) is 0.874. The van der Waals surface area contributed by atoms with Crippen LogP contribution in [0.4, 0.5) is 11.5 Å². The van der Waals surface area contributed by atoms with E-state index in [0.29, 0.717) is 5.69 Å². The van der Waals surface area contributed by atoms with Crippen molar-refractivity contribution >= 4 is 11.5 Å². The number of hydrogen-bond donors (Lipinski definition) is 1. The average molecular weight is 244 g/mol. The first-order chi connectivity index (χ1) is 8.74. The molecule has 0 radical (unpaired) electrons. The van der Waals surface area contributed by atoms with E-state index in [-0.39, 0.29) is 6.04 Å². The number of nitrogens with zero attached hydrogens (tertiary/aromatic N) is 5. The number of hydrogen-bond acceptors (Lipinski definition) is 5. The fourth-order valence-electron chi connectivity index (χ4n) is 1.96. The van der Waals surface area contributed by atoms with Crippen molar-refractivity contribution in [3.8, 4) is 0 Å². The van der Waals surface area contributed by atoms with Gasteiger partial charge in [0.15, 0.2) is 0 Å². The molecule has 1 atom stereocenters. The van der Waals surface area contributed by atoms with Gasteiger partial charge in [0.05, 0.1) is 36.0 Å². The monoisotopic (exact) mass is 244 g/mol. The summed E-state index contributed by atoms with van der Waals surface area (Å²) in [5, 5.41) is 4.19. The molecular weight excluding hydrogens is 228 g/mol. The molecule has 6 heteroatoms. The number of anilines is 2.